The summed E-state index contributed by atoms with van der Waals surface area (Å²) in [4.78, 5) is 36.9. The van der Waals surface area contributed by atoms with Crippen LogP contribution in [0.1, 0.15) is 33.1 Å². The zero-order valence-corrected chi connectivity index (χ0v) is 16.9. The Hall–Kier alpha value is -2.45. The number of esters is 3. The van der Waals surface area contributed by atoms with Gasteiger partial charge in [-0.05, 0) is 39.0 Å². The van der Waals surface area contributed by atoms with Crippen LogP contribution in [0, 0.1) is 11.8 Å². The average Bonchev–Trinajstić information content (AvgIpc) is 2.99. The van der Waals surface area contributed by atoms with Crippen molar-refractivity contribution >= 4 is 17.9 Å². The number of fused-ring (bicyclic) bond motifs is 1. The quantitative estimate of drug-likeness (QED) is 0.405. The molecule has 1 saturated heterocycles. The van der Waals surface area contributed by atoms with Gasteiger partial charge in [-0.3, -0.25) is 0 Å². The maximum atomic E-state index is 12.5. The second kappa shape index (κ2) is 9.84. The van der Waals surface area contributed by atoms with Crippen molar-refractivity contribution in [1.29, 1.82) is 0 Å². The first kappa shape index (κ1) is 22.8. The highest BCUT2D eigenvalue weighted by Crippen LogP contribution is 2.39. The third kappa shape index (κ3) is 4.94. The van der Waals surface area contributed by atoms with E-state index in [9.17, 15) is 24.6 Å². The highest BCUT2D eigenvalue weighted by molar-refractivity contribution is 5.93. The van der Waals surface area contributed by atoms with E-state index in [4.69, 9.17) is 14.2 Å². The van der Waals surface area contributed by atoms with E-state index in [1.165, 1.54) is 13.2 Å². The van der Waals surface area contributed by atoms with Gasteiger partial charge in [-0.2, -0.15) is 0 Å². The van der Waals surface area contributed by atoms with E-state index < -0.39 is 42.1 Å². The Morgan fingerprint density at radius 1 is 1.41 bits per heavy atom. The smallest absolute Gasteiger partial charge is 0.336 e. The van der Waals surface area contributed by atoms with E-state index in [1.807, 2.05) is 0 Å². The number of hydrogen-bond acceptors (Lipinski definition) is 8. The normalized spacial score (nSPS) is 30.7. The summed E-state index contributed by atoms with van der Waals surface area (Å²) in [6, 6.07) is 0. The Bertz CT molecular complexity index is 735. The summed E-state index contributed by atoms with van der Waals surface area (Å²) in [5, 5.41) is 20.7. The van der Waals surface area contributed by atoms with Crippen LogP contribution < -0.4 is 0 Å². The van der Waals surface area contributed by atoms with Crippen LogP contribution >= 0.6 is 0 Å². The van der Waals surface area contributed by atoms with Crippen LogP contribution in [0.2, 0.25) is 0 Å². The molecule has 0 aromatic carbocycles. The van der Waals surface area contributed by atoms with Gasteiger partial charge in [0.2, 0.25) is 0 Å². The van der Waals surface area contributed by atoms with Crippen LogP contribution in [-0.4, -0.2) is 60.1 Å². The Morgan fingerprint density at radius 2 is 2.10 bits per heavy atom. The lowest BCUT2D eigenvalue weighted by molar-refractivity contribution is -0.157. The minimum atomic E-state index is -1.54. The largest absolute Gasteiger partial charge is 0.466 e. The van der Waals surface area contributed by atoms with Crippen molar-refractivity contribution in [2.75, 3.05) is 13.7 Å². The van der Waals surface area contributed by atoms with Crippen molar-refractivity contribution in [3.8, 4) is 0 Å². The summed E-state index contributed by atoms with van der Waals surface area (Å²) in [6.07, 6.45) is 0.704. The van der Waals surface area contributed by atoms with E-state index in [0.717, 1.165) is 0 Å². The minimum Gasteiger partial charge on any atom is -0.466 e. The Morgan fingerprint density at radius 3 is 2.69 bits per heavy atom. The second-order valence-corrected chi connectivity index (χ2v) is 7.29. The molecule has 0 amide bonds. The van der Waals surface area contributed by atoms with E-state index >= 15 is 0 Å². The molecule has 5 unspecified atom stereocenters. The number of carbonyl (C=O) groups is 3. The molecule has 0 bridgehead atoms. The van der Waals surface area contributed by atoms with Crippen molar-refractivity contribution < 1.29 is 38.8 Å². The molecular formula is C21H28O8. The number of aliphatic hydroxyl groups is 2. The fourth-order valence-corrected chi connectivity index (χ4v) is 3.63. The van der Waals surface area contributed by atoms with E-state index in [0.29, 0.717) is 24.8 Å². The Labute approximate surface area is 169 Å². The van der Waals surface area contributed by atoms with Crippen molar-refractivity contribution in [2.45, 2.75) is 51.4 Å². The molecule has 0 spiro atoms. The fraction of sp³-hybridized carbons (Fsp3) is 0.571. The average molecular weight is 408 g/mol. The summed E-state index contributed by atoms with van der Waals surface area (Å²) in [6.45, 7) is 6.83. The first-order chi connectivity index (χ1) is 13.7. The molecule has 1 aliphatic heterocycles. The number of allylic oxidation sites excluding steroid dienone is 2. The Kier molecular flexibility index (Phi) is 7.75. The summed E-state index contributed by atoms with van der Waals surface area (Å²) in [7, 11) is 1.18. The molecule has 0 aromatic rings. The van der Waals surface area contributed by atoms with Gasteiger partial charge in [0.25, 0.3) is 0 Å². The lowest BCUT2D eigenvalue weighted by atomic mass is 9.80. The highest BCUT2D eigenvalue weighted by atomic mass is 16.6. The molecule has 160 valence electrons. The predicted molar refractivity (Wildman–Crippen MR) is 102 cm³/mol. The van der Waals surface area contributed by atoms with Crippen molar-refractivity contribution in [2.24, 2.45) is 11.8 Å². The molecule has 5 atom stereocenters. The number of carbonyl (C=O) groups excluding carboxylic acids is 3. The van der Waals surface area contributed by atoms with Crippen LogP contribution in [0.4, 0.5) is 0 Å². The molecule has 8 nitrogen and oxygen atoms in total. The molecule has 0 aromatic heterocycles. The molecular weight excluding hydrogens is 380 g/mol. The number of aliphatic hydroxyl groups excluding tert-OH is 2. The zero-order chi connectivity index (χ0) is 21.7. The van der Waals surface area contributed by atoms with Crippen molar-refractivity contribution in [1.82, 2.24) is 0 Å². The lowest BCUT2D eigenvalue weighted by Crippen LogP contribution is -2.45. The standard InChI is InChI=1S/C21H28O8/c1-5-11(2)19(24)29-18-16-12(3)20(25)28-15(16)9-13(10-22)7-6-8-14(17(18)23)21(26)27-4/h5,8,13,15-18,22-23H,3,6-7,9-10H2,1-2,4H3. The molecule has 2 aliphatic rings. The number of hydrogen-bond donors (Lipinski definition) is 2. The third-order valence-corrected chi connectivity index (χ3v) is 5.49. The van der Waals surface area contributed by atoms with Crippen LogP contribution in [-0.2, 0) is 28.6 Å². The van der Waals surface area contributed by atoms with Gasteiger partial charge in [-0.15, -0.1) is 0 Å². The third-order valence-electron chi connectivity index (χ3n) is 5.49. The predicted octanol–water partition coefficient (Wildman–Crippen LogP) is 1.21. The van der Waals surface area contributed by atoms with Gasteiger partial charge >= 0.3 is 17.9 Å². The zero-order valence-electron chi connectivity index (χ0n) is 16.9. The molecule has 2 rings (SSSR count). The molecule has 0 radical (unpaired) electrons. The summed E-state index contributed by atoms with van der Waals surface area (Å²) in [5.41, 5.74) is 0.276. The molecule has 8 heteroatoms. The Balaban J connectivity index is 2.54. The molecule has 0 saturated carbocycles. The monoisotopic (exact) mass is 408 g/mol. The van der Waals surface area contributed by atoms with Gasteiger partial charge in [0.15, 0.2) is 0 Å². The van der Waals surface area contributed by atoms with E-state index in [-0.39, 0.29) is 23.7 Å². The summed E-state index contributed by atoms with van der Waals surface area (Å²) >= 11 is 0. The van der Waals surface area contributed by atoms with Crippen molar-refractivity contribution in [3.05, 3.63) is 35.5 Å². The van der Waals surface area contributed by atoms with Crippen molar-refractivity contribution in [3.63, 3.8) is 0 Å². The molecule has 1 heterocycles. The van der Waals surface area contributed by atoms with Crippen LogP contribution in [0.25, 0.3) is 0 Å². The minimum absolute atomic E-state index is 0.0476. The number of rotatable bonds is 4. The van der Waals surface area contributed by atoms with Crippen LogP contribution in [0.15, 0.2) is 35.5 Å². The maximum Gasteiger partial charge on any atom is 0.336 e. The van der Waals surface area contributed by atoms with Gasteiger partial charge in [-0.1, -0.05) is 18.7 Å². The highest BCUT2D eigenvalue weighted by Gasteiger charge is 2.50. The first-order valence-corrected chi connectivity index (χ1v) is 9.56. The molecule has 29 heavy (non-hydrogen) atoms. The van der Waals surface area contributed by atoms with Gasteiger partial charge < -0.3 is 24.4 Å². The number of methoxy groups -OCH3 is 1. The van der Waals surface area contributed by atoms with E-state index in [2.05, 4.69) is 6.58 Å². The van der Waals surface area contributed by atoms with Gasteiger partial charge in [-0.25, -0.2) is 14.4 Å². The van der Waals surface area contributed by atoms with Crippen LogP contribution in [0.5, 0.6) is 0 Å². The molecule has 2 N–H and O–H groups in total. The van der Waals surface area contributed by atoms with Gasteiger partial charge in [0.05, 0.1) is 18.6 Å². The van der Waals surface area contributed by atoms with Crippen LogP contribution in [0.3, 0.4) is 0 Å². The molecule has 1 fully saturated rings. The van der Waals surface area contributed by atoms with E-state index in [1.54, 1.807) is 19.9 Å². The second-order valence-electron chi connectivity index (χ2n) is 7.29. The summed E-state index contributed by atoms with van der Waals surface area (Å²) < 4.78 is 15.7. The fourth-order valence-electron chi connectivity index (χ4n) is 3.63. The summed E-state index contributed by atoms with van der Waals surface area (Å²) in [5.74, 6) is -3.20. The first-order valence-electron chi connectivity index (χ1n) is 9.56. The topological polar surface area (TPSA) is 119 Å². The van der Waals surface area contributed by atoms with Gasteiger partial charge in [0.1, 0.15) is 18.3 Å². The SMILES string of the molecule is C=C1C(=O)OC2CC(CO)CCC=C(C(=O)OC)C(O)C(OC(=O)C(C)=CC)C12. The van der Waals surface area contributed by atoms with Gasteiger partial charge in [0, 0.05) is 17.8 Å². The number of ether oxygens (including phenoxy) is 3. The lowest BCUT2D eigenvalue weighted by Gasteiger charge is -2.33. The molecule has 1 aliphatic carbocycles. The maximum absolute atomic E-state index is 12.5.